The molecule has 1 saturated heterocycles. The molecular formula is C23H23N3O6. The standard InChI is InChI=1S/C23H23N3O6/c1-12(28)25-17-4-2-3-13(9-17)15-7-14(20-16(8-15)10-24-26-20)5-6-18-21(29)23(31)22(30)19(11-27)32-18/h2-4,7-10,18-19,21-23,27,29-31H,11H2,1H3,(H,24,26)(H,25,28)/t18-,19-,21-,22-,23-/m1/s1. The number of benzene rings is 2. The molecule has 0 radical (unpaired) electrons. The molecule has 32 heavy (non-hydrogen) atoms. The smallest absolute Gasteiger partial charge is 0.221 e. The lowest BCUT2D eigenvalue weighted by molar-refractivity contribution is -0.214. The molecule has 3 aromatic rings. The van der Waals surface area contributed by atoms with Gasteiger partial charge < -0.3 is 30.5 Å². The van der Waals surface area contributed by atoms with Crippen LogP contribution < -0.4 is 5.32 Å². The maximum Gasteiger partial charge on any atom is 0.221 e. The number of nitrogens with one attached hydrogen (secondary N) is 2. The van der Waals surface area contributed by atoms with Crippen LogP contribution in [-0.4, -0.2) is 73.7 Å². The predicted molar refractivity (Wildman–Crippen MR) is 116 cm³/mol. The number of aromatic amines is 1. The number of anilines is 1. The van der Waals surface area contributed by atoms with Gasteiger partial charge in [0.15, 0.2) is 0 Å². The highest BCUT2D eigenvalue weighted by molar-refractivity contribution is 5.92. The highest BCUT2D eigenvalue weighted by Crippen LogP contribution is 2.28. The number of rotatable bonds is 3. The van der Waals surface area contributed by atoms with Gasteiger partial charge in [0.1, 0.15) is 30.5 Å². The van der Waals surface area contributed by atoms with E-state index in [4.69, 9.17) is 4.74 Å². The predicted octanol–water partition coefficient (Wildman–Crippen LogP) is 0.382. The third kappa shape index (κ3) is 4.36. The molecule has 1 amide bonds. The van der Waals surface area contributed by atoms with Crippen molar-refractivity contribution in [1.29, 1.82) is 0 Å². The fourth-order valence-corrected chi connectivity index (χ4v) is 3.67. The minimum absolute atomic E-state index is 0.168. The molecule has 2 aromatic carbocycles. The number of nitrogens with zero attached hydrogens (tertiary/aromatic N) is 1. The molecule has 2 heterocycles. The van der Waals surface area contributed by atoms with E-state index >= 15 is 0 Å². The Labute approximate surface area is 183 Å². The maximum atomic E-state index is 11.4. The van der Waals surface area contributed by atoms with Crippen LogP contribution in [0.1, 0.15) is 12.5 Å². The van der Waals surface area contributed by atoms with Crippen LogP contribution in [0.25, 0.3) is 22.0 Å². The number of H-pyrrole nitrogens is 1. The van der Waals surface area contributed by atoms with E-state index in [1.165, 1.54) is 6.92 Å². The molecule has 1 fully saturated rings. The van der Waals surface area contributed by atoms with Crippen molar-refractivity contribution in [2.45, 2.75) is 37.4 Å². The van der Waals surface area contributed by atoms with E-state index in [0.29, 0.717) is 16.8 Å². The number of aromatic nitrogens is 2. The van der Waals surface area contributed by atoms with Gasteiger partial charge in [-0.2, -0.15) is 5.10 Å². The number of hydrogen-bond donors (Lipinski definition) is 6. The Kier molecular flexibility index (Phi) is 6.23. The van der Waals surface area contributed by atoms with E-state index in [2.05, 4.69) is 27.4 Å². The van der Waals surface area contributed by atoms with Crippen molar-refractivity contribution in [1.82, 2.24) is 10.2 Å². The second-order valence-corrected chi connectivity index (χ2v) is 7.64. The van der Waals surface area contributed by atoms with Gasteiger partial charge in [-0.25, -0.2) is 0 Å². The van der Waals surface area contributed by atoms with Gasteiger partial charge in [0.2, 0.25) is 5.91 Å². The summed E-state index contributed by atoms with van der Waals surface area (Å²) in [5.74, 6) is 5.58. The molecule has 0 bridgehead atoms. The highest BCUT2D eigenvalue weighted by Gasteiger charge is 2.42. The second kappa shape index (κ2) is 9.08. The van der Waals surface area contributed by atoms with E-state index in [-0.39, 0.29) is 5.91 Å². The number of hydrogen-bond acceptors (Lipinski definition) is 7. The van der Waals surface area contributed by atoms with Crippen LogP contribution in [0.4, 0.5) is 5.69 Å². The van der Waals surface area contributed by atoms with E-state index in [1.807, 2.05) is 30.3 Å². The van der Waals surface area contributed by atoms with E-state index in [1.54, 1.807) is 12.3 Å². The summed E-state index contributed by atoms with van der Waals surface area (Å²) < 4.78 is 5.46. The van der Waals surface area contributed by atoms with E-state index in [0.717, 1.165) is 16.5 Å². The summed E-state index contributed by atoms with van der Waals surface area (Å²) in [4.78, 5) is 11.4. The molecule has 5 atom stereocenters. The Morgan fingerprint density at radius 2 is 1.97 bits per heavy atom. The summed E-state index contributed by atoms with van der Waals surface area (Å²) in [5.41, 5.74) is 3.62. The van der Waals surface area contributed by atoms with Crippen LogP contribution >= 0.6 is 0 Å². The number of carbonyl (C=O) groups excluding carboxylic acids is 1. The Morgan fingerprint density at radius 3 is 2.72 bits per heavy atom. The number of fused-ring (bicyclic) bond motifs is 1. The van der Waals surface area contributed by atoms with Crippen LogP contribution in [0.15, 0.2) is 42.6 Å². The fourth-order valence-electron chi connectivity index (χ4n) is 3.67. The number of carbonyl (C=O) groups is 1. The third-order valence-electron chi connectivity index (χ3n) is 5.31. The minimum Gasteiger partial charge on any atom is -0.394 e. The number of amides is 1. The van der Waals surface area contributed by atoms with Gasteiger partial charge in [0, 0.05) is 18.0 Å². The molecule has 9 nitrogen and oxygen atoms in total. The first-order valence-corrected chi connectivity index (χ1v) is 10.0. The quantitative estimate of drug-likeness (QED) is 0.325. The SMILES string of the molecule is CC(=O)Nc1cccc(-c2cc(C#C[C@H]3O[C@H](CO)[C@@H](O)[C@H](O)[C@@H]3O)c3[nH]ncc3c2)c1. The Balaban J connectivity index is 1.71. The molecular weight excluding hydrogens is 414 g/mol. The summed E-state index contributed by atoms with van der Waals surface area (Å²) in [6, 6.07) is 11.1. The first-order valence-electron chi connectivity index (χ1n) is 10.0. The molecule has 0 saturated carbocycles. The average Bonchev–Trinajstić information content (AvgIpc) is 3.25. The van der Waals surface area contributed by atoms with Crippen LogP contribution in [0, 0.1) is 11.8 Å². The monoisotopic (exact) mass is 437 g/mol. The number of aliphatic hydroxyl groups excluding tert-OH is 4. The lowest BCUT2D eigenvalue weighted by Crippen LogP contribution is -2.58. The van der Waals surface area contributed by atoms with Gasteiger partial charge in [-0.15, -0.1) is 0 Å². The summed E-state index contributed by atoms with van der Waals surface area (Å²) in [6.07, 6.45) is -4.83. The number of ether oxygens (including phenoxy) is 1. The van der Waals surface area contributed by atoms with Gasteiger partial charge in [0.05, 0.1) is 23.9 Å². The van der Waals surface area contributed by atoms with Crippen molar-refractivity contribution in [3.8, 4) is 23.0 Å². The van der Waals surface area contributed by atoms with Gasteiger partial charge in [0.25, 0.3) is 0 Å². The lowest BCUT2D eigenvalue weighted by Gasteiger charge is -2.37. The van der Waals surface area contributed by atoms with E-state index in [9.17, 15) is 25.2 Å². The molecule has 0 aliphatic carbocycles. The zero-order valence-electron chi connectivity index (χ0n) is 17.2. The topological polar surface area (TPSA) is 148 Å². The zero-order chi connectivity index (χ0) is 22.8. The number of aliphatic hydroxyl groups is 4. The second-order valence-electron chi connectivity index (χ2n) is 7.64. The molecule has 1 aromatic heterocycles. The van der Waals surface area contributed by atoms with Crippen molar-refractivity contribution in [3.05, 3.63) is 48.2 Å². The van der Waals surface area contributed by atoms with Crippen molar-refractivity contribution < 1.29 is 30.0 Å². The summed E-state index contributed by atoms with van der Waals surface area (Å²) in [7, 11) is 0. The molecule has 0 spiro atoms. The summed E-state index contributed by atoms with van der Waals surface area (Å²) >= 11 is 0. The van der Waals surface area contributed by atoms with Crippen molar-refractivity contribution >= 4 is 22.5 Å². The average molecular weight is 437 g/mol. The van der Waals surface area contributed by atoms with Crippen molar-refractivity contribution in [2.75, 3.05) is 11.9 Å². The Morgan fingerprint density at radius 1 is 1.16 bits per heavy atom. The Hall–Kier alpha value is -3.26. The van der Waals surface area contributed by atoms with Gasteiger partial charge in [-0.1, -0.05) is 24.0 Å². The zero-order valence-corrected chi connectivity index (χ0v) is 17.2. The first kappa shape index (κ1) is 22.0. The first-order chi connectivity index (χ1) is 15.4. The third-order valence-corrected chi connectivity index (χ3v) is 5.31. The molecule has 4 rings (SSSR count). The largest absolute Gasteiger partial charge is 0.394 e. The van der Waals surface area contributed by atoms with Gasteiger partial charge >= 0.3 is 0 Å². The van der Waals surface area contributed by atoms with Gasteiger partial charge in [-0.05, 0) is 35.4 Å². The maximum absolute atomic E-state index is 11.4. The molecule has 166 valence electrons. The minimum atomic E-state index is -1.49. The van der Waals surface area contributed by atoms with Crippen LogP contribution in [-0.2, 0) is 9.53 Å². The highest BCUT2D eigenvalue weighted by atomic mass is 16.5. The van der Waals surface area contributed by atoms with Crippen molar-refractivity contribution in [3.63, 3.8) is 0 Å². The van der Waals surface area contributed by atoms with Crippen LogP contribution in [0.2, 0.25) is 0 Å². The molecule has 1 aliphatic heterocycles. The van der Waals surface area contributed by atoms with E-state index < -0.39 is 37.1 Å². The fraction of sp³-hybridized carbons (Fsp3) is 0.304. The normalized spacial score (nSPS) is 25.2. The lowest BCUT2D eigenvalue weighted by atomic mass is 9.95. The van der Waals surface area contributed by atoms with Crippen LogP contribution in [0.5, 0.6) is 0 Å². The van der Waals surface area contributed by atoms with Crippen molar-refractivity contribution in [2.24, 2.45) is 0 Å². The van der Waals surface area contributed by atoms with Gasteiger partial charge in [-0.3, -0.25) is 9.89 Å². The molecule has 6 N–H and O–H groups in total. The summed E-state index contributed by atoms with van der Waals surface area (Å²) in [5, 5.41) is 50.0. The molecule has 0 unspecified atom stereocenters. The molecule has 9 heteroatoms. The van der Waals surface area contributed by atoms with Crippen LogP contribution in [0.3, 0.4) is 0 Å². The summed E-state index contributed by atoms with van der Waals surface area (Å²) in [6.45, 7) is 0.922. The molecule has 1 aliphatic rings. The Bertz CT molecular complexity index is 1200.